The Balaban J connectivity index is 2.23. The van der Waals surface area contributed by atoms with E-state index in [4.69, 9.17) is 16.3 Å². The molecule has 7 heteroatoms. The van der Waals surface area contributed by atoms with Crippen LogP contribution in [0.4, 0.5) is 0 Å². The predicted octanol–water partition coefficient (Wildman–Crippen LogP) is 4.55. The minimum absolute atomic E-state index is 0.223. The zero-order valence-electron chi connectivity index (χ0n) is 14.2. The lowest BCUT2D eigenvalue weighted by Gasteiger charge is -2.30. The maximum atomic E-state index is 12.3. The summed E-state index contributed by atoms with van der Waals surface area (Å²) in [7, 11) is -1.25. The van der Waals surface area contributed by atoms with E-state index in [0.717, 1.165) is 16.1 Å². The number of ether oxygens (including phenoxy) is 1. The van der Waals surface area contributed by atoms with Crippen LogP contribution in [0.3, 0.4) is 0 Å². The number of amides is 2. The SMILES string of the molecule is C[Si](C)(C)CCOC(c1ccc(Br)cc1Cl)C1CCC(=O)NC1=O. The third kappa shape index (κ3) is 5.41. The molecule has 1 aromatic rings. The first-order valence-electron chi connectivity index (χ1n) is 8.07. The summed E-state index contributed by atoms with van der Waals surface area (Å²) in [4.78, 5) is 23.7. The highest BCUT2D eigenvalue weighted by Crippen LogP contribution is 2.37. The molecule has 0 spiro atoms. The summed E-state index contributed by atoms with van der Waals surface area (Å²) in [6.45, 7) is 7.43. The summed E-state index contributed by atoms with van der Waals surface area (Å²) in [5.41, 5.74) is 0.796. The predicted molar refractivity (Wildman–Crippen MR) is 102 cm³/mol. The van der Waals surface area contributed by atoms with Gasteiger partial charge in [0.1, 0.15) is 0 Å². The normalized spacial score (nSPS) is 20.0. The van der Waals surface area contributed by atoms with E-state index in [0.29, 0.717) is 24.5 Å². The smallest absolute Gasteiger partial charge is 0.232 e. The molecule has 1 aliphatic heterocycles. The molecule has 0 radical (unpaired) electrons. The number of halogens is 2. The van der Waals surface area contributed by atoms with E-state index in [1.165, 1.54) is 0 Å². The number of hydrogen-bond donors (Lipinski definition) is 1. The van der Waals surface area contributed by atoms with E-state index in [1.54, 1.807) is 6.07 Å². The van der Waals surface area contributed by atoms with Crippen molar-refractivity contribution in [2.75, 3.05) is 6.61 Å². The van der Waals surface area contributed by atoms with Crippen LogP contribution in [0, 0.1) is 5.92 Å². The van der Waals surface area contributed by atoms with Gasteiger partial charge in [0.2, 0.25) is 11.8 Å². The van der Waals surface area contributed by atoms with E-state index in [1.807, 2.05) is 12.1 Å². The van der Waals surface area contributed by atoms with Crippen LogP contribution >= 0.6 is 27.5 Å². The van der Waals surface area contributed by atoms with Crippen LogP contribution < -0.4 is 5.32 Å². The highest BCUT2D eigenvalue weighted by Gasteiger charge is 2.36. The first-order valence-corrected chi connectivity index (χ1v) is 13.0. The number of benzene rings is 1. The zero-order valence-corrected chi connectivity index (χ0v) is 17.5. The van der Waals surface area contributed by atoms with Crippen LogP contribution in [0.2, 0.25) is 30.7 Å². The highest BCUT2D eigenvalue weighted by atomic mass is 79.9. The number of carbonyl (C=O) groups is 2. The number of hydrogen-bond acceptors (Lipinski definition) is 3. The quantitative estimate of drug-likeness (QED) is 0.530. The Morgan fingerprint density at radius 3 is 2.67 bits per heavy atom. The second-order valence-corrected chi connectivity index (χ2v) is 14.3. The molecule has 1 heterocycles. The summed E-state index contributed by atoms with van der Waals surface area (Å²) in [6, 6.07) is 6.58. The van der Waals surface area contributed by atoms with Crippen molar-refractivity contribution in [3.05, 3.63) is 33.3 Å². The van der Waals surface area contributed by atoms with Gasteiger partial charge in [0.15, 0.2) is 0 Å². The van der Waals surface area contributed by atoms with Crippen molar-refractivity contribution in [2.45, 2.75) is 44.6 Å². The summed E-state index contributed by atoms with van der Waals surface area (Å²) in [5, 5.41) is 2.98. The van der Waals surface area contributed by atoms with Crippen LogP contribution in [0.15, 0.2) is 22.7 Å². The Labute approximate surface area is 157 Å². The fourth-order valence-electron chi connectivity index (χ4n) is 2.65. The van der Waals surface area contributed by atoms with Gasteiger partial charge in [-0.25, -0.2) is 0 Å². The maximum absolute atomic E-state index is 12.3. The largest absolute Gasteiger partial charge is 0.373 e. The standard InChI is InChI=1S/C17H23BrClNO3Si/c1-24(2,3)9-8-23-16(12-5-4-11(18)10-14(12)19)13-6-7-15(21)20-17(13)22/h4-5,10,13,16H,6-9H2,1-3H3,(H,20,21,22). The molecule has 1 aromatic carbocycles. The second kappa shape index (κ2) is 8.12. The van der Waals surface area contributed by atoms with Gasteiger partial charge in [-0.2, -0.15) is 0 Å². The molecule has 0 aliphatic carbocycles. The summed E-state index contributed by atoms with van der Waals surface area (Å²) in [6.07, 6.45) is 0.377. The first kappa shape index (κ1) is 19.6. The lowest BCUT2D eigenvalue weighted by atomic mass is 9.88. The van der Waals surface area contributed by atoms with E-state index in [-0.39, 0.29) is 11.8 Å². The molecule has 1 aliphatic rings. The Hall–Kier alpha value is -0.693. The van der Waals surface area contributed by atoms with Gasteiger partial charge in [-0.3, -0.25) is 14.9 Å². The monoisotopic (exact) mass is 431 g/mol. The van der Waals surface area contributed by atoms with Gasteiger partial charge in [-0.15, -0.1) is 0 Å². The third-order valence-corrected chi connectivity index (χ3v) is 6.59. The van der Waals surface area contributed by atoms with Gasteiger partial charge in [-0.1, -0.05) is 53.2 Å². The molecule has 1 saturated heterocycles. The van der Waals surface area contributed by atoms with Crippen LogP contribution in [0.25, 0.3) is 0 Å². The van der Waals surface area contributed by atoms with Gasteiger partial charge in [0, 0.05) is 36.2 Å². The van der Waals surface area contributed by atoms with E-state index < -0.39 is 20.1 Å². The number of nitrogens with one attached hydrogen (secondary N) is 1. The van der Waals surface area contributed by atoms with Crippen LogP contribution in [0.5, 0.6) is 0 Å². The molecular formula is C17H23BrClNO3Si. The van der Waals surface area contributed by atoms with Crippen molar-refractivity contribution in [3.8, 4) is 0 Å². The van der Waals surface area contributed by atoms with Crippen LogP contribution in [-0.2, 0) is 14.3 Å². The molecular weight excluding hydrogens is 410 g/mol. The lowest BCUT2D eigenvalue weighted by Crippen LogP contribution is -2.43. The molecule has 0 aromatic heterocycles. The maximum Gasteiger partial charge on any atom is 0.232 e. The van der Waals surface area contributed by atoms with Gasteiger partial charge in [-0.05, 0) is 24.6 Å². The van der Waals surface area contributed by atoms with Gasteiger partial charge in [0.25, 0.3) is 0 Å². The van der Waals surface area contributed by atoms with Gasteiger partial charge >= 0.3 is 0 Å². The Kier molecular flexibility index (Phi) is 6.64. The molecule has 2 unspecified atom stereocenters. The molecule has 2 rings (SSSR count). The van der Waals surface area contributed by atoms with Crippen molar-refractivity contribution in [2.24, 2.45) is 5.92 Å². The lowest BCUT2D eigenvalue weighted by molar-refractivity contribution is -0.141. The molecule has 2 atom stereocenters. The van der Waals surface area contributed by atoms with E-state index in [9.17, 15) is 9.59 Å². The third-order valence-electron chi connectivity index (χ3n) is 4.07. The minimum atomic E-state index is -1.25. The minimum Gasteiger partial charge on any atom is -0.373 e. The van der Waals surface area contributed by atoms with E-state index >= 15 is 0 Å². The summed E-state index contributed by atoms with van der Waals surface area (Å²) >= 11 is 9.78. The molecule has 1 N–H and O–H groups in total. The molecule has 2 amide bonds. The second-order valence-electron chi connectivity index (χ2n) is 7.33. The fraction of sp³-hybridized carbons (Fsp3) is 0.529. The highest BCUT2D eigenvalue weighted by molar-refractivity contribution is 9.10. The molecule has 0 saturated carbocycles. The first-order chi connectivity index (χ1) is 11.2. The number of carbonyl (C=O) groups excluding carboxylic acids is 2. The number of piperidine rings is 1. The zero-order chi connectivity index (χ0) is 17.9. The molecule has 24 heavy (non-hydrogen) atoms. The molecule has 1 fully saturated rings. The van der Waals surface area contributed by atoms with Crippen LogP contribution in [-0.4, -0.2) is 26.5 Å². The molecule has 132 valence electrons. The average molecular weight is 433 g/mol. The van der Waals surface area contributed by atoms with Crippen molar-refractivity contribution >= 4 is 47.4 Å². The van der Waals surface area contributed by atoms with Crippen molar-refractivity contribution in [3.63, 3.8) is 0 Å². The van der Waals surface area contributed by atoms with Crippen molar-refractivity contribution < 1.29 is 14.3 Å². The van der Waals surface area contributed by atoms with E-state index in [2.05, 4.69) is 40.9 Å². The average Bonchev–Trinajstić information content (AvgIpc) is 2.44. The Morgan fingerprint density at radius 2 is 2.08 bits per heavy atom. The van der Waals surface area contributed by atoms with Crippen molar-refractivity contribution in [1.29, 1.82) is 0 Å². The summed E-state index contributed by atoms with van der Waals surface area (Å²) in [5.74, 6) is -0.898. The number of rotatable bonds is 6. The molecule has 4 nitrogen and oxygen atoms in total. The van der Waals surface area contributed by atoms with Crippen molar-refractivity contribution in [1.82, 2.24) is 5.32 Å². The molecule has 0 bridgehead atoms. The van der Waals surface area contributed by atoms with Gasteiger partial charge < -0.3 is 4.74 Å². The summed E-state index contributed by atoms with van der Waals surface area (Å²) < 4.78 is 7.01. The Bertz CT molecular complexity index is 633. The number of imide groups is 1. The fourth-order valence-corrected chi connectivity index (χ4v) is 4.16. The van der Waals surface area contributed by atoms with Crippen LogP contribution in [0.1, 0.15) is 24.5 Å². The topological polar surface area (TPSA) is 55.4 Å². The van der Waals surface area contributed by atoms with Gasteiger partial charge in [0.05, 0.1) is 12.0 Å². The Morgan fingerprint density at radius 1 is 1.38 bits per heavy atom.